The molecule has 11 heteroatoms. The number of carbonyl (C=O) groups is 2. The lowest BCUT2D eigenvalue weighted by Crippen LogP contribution is -2.60. The van der Waals surface area contributed by atoms with Crippen LogP contribution in [0.1, 0.15) is 39.0 Å². The van der Waals surface area contributed by atoms with Crippen LogP contribution < -0.4 is 16.0 Å². The van der Waals surface area contributed by atoms with Crippen molar-refractivity contribution in [3.63, 3.8) is 0 Å². The van der Waals surface area contributed by atoms with Gasteiger partial charge in [-0.25, -0.2) is 14.3 Å². The lowest BCUT2D eigenvalue weighted by atomic mass is 10.1. The van der Waals surface area contributed by atoms with Crippen LogP contribution in [0.3, 0.4) is 0 Å². The van der Waals surface area contributed by atoms with Crippen molar-refractivity contribution >= 4 is 29.9 Å². The van der Waals surface area contributed by atoms with Gasteiger partial charge < -0.3 is 25.4 Å². The lowest BCUT2D eigenvalue weighted by molar-refractivity contribution is -0.137. The van der Waals surface area contributed by atoms with Crippen LogP contribution in [0.4, 0.5) is 16.6 Å². The number of nitrogens with zero attached hydrogens (tertiary/aromatic N) is 5. The van der Waals surface area contributed by atoms with Gasteiger partial charge in [-0.15, -0.1) is 0 Å². The summed E-state index contributed by atoms with van der Waals surface area (Å²) in [5, 5.41) is 7.20. The Balaban J connectivity index is 1.69. The molecule has 0 aliphatic carbocycles. The number of alkyl carbamates (subject to hydrolysis) is 1. The number of hydrogen-bond donors (Lipinski definition) is 2. The van der Waals surface area contributed by atoms with Crippen LogP contribution >= 0.6 is 0 Å². The van der Waals surface area contributed by atoms with E-state index in [-0.39, 0.29) is 12.0 Å². The summed E-state index contributed by atoms with van der Waals surface area (Å²) >= 11 is 0. The van der Waals surface area contributed by atoms with Gasteiger partial charge in [-0.1, -0.05) is 0 Å². The Morgan fingerprint density at radius 3 is 2.62 bits per heavy atom. The number of ether oxygens (including phenoxy) is 2. The Labute approximate surface area is 186 Å². The maximum Gasteiger partial charge on any atom is 0.407 e. The van der Waals surface area contributed by atoms with Gasteiger partial charge >= 0.3 is 12.1 Å². The molecule has 2 aromatic rings. The van der Waals surface area contributed by atoms with Gasteiger partial charge in [0.1, 0.15) is 11.4 Å². The molecule has 0 bridgehead atoms. The van der Waals surface area contributed by atoms with Gasteiger partial charge in [-0.3, -0.25) is 0 Å². The van der Waals surface area contributed by atoms with Gasteiger partial charge in [0.2, 0.25) is 5.95 Å². The maximum atomic E-state index is 11.9. The van der Waals surface area contributed by atoms with Crippen LogP contribution in [-0.2, 0) is 14.3 Å². The fourth-order valence-corrected chi connectivity index (χ4v) is 3.11. The highest BCUT2D eigenvalue weighted by Gasteiger charge is 2.31. The molecule has 3 N–H and O–H groups in total. The molecule has 1 aliphatic heterocycles. The number of amides is 1. The molecule has 11 nitrogen and oxygen atoms in total. The molecule has 172 valence electrons. The molecule has 3 heterocycles. The second kappa shape index (κ2) is 9.25. The number of carbonyl (C=O) groups excluding carboxylic acids is 2. The summed E-state index contributed by atoms with van der Waals surface area (Å²) in [5.41, 5.74) is 6.92. The smallest absolute Gasteiger partial charge is 0.407 e. The summed E-state index contributed by atoms with van der Waals surface area (Å²) in [6.07, 6.45) is 4.19. The Bertz CT molecular complexity index is 1020. The third kappa shape index (κ3) is 5.74. The van der Waals surface area contributed by atoms with Gasteiger partial charge in [0, 0.05) is 30.8 Å². The zero-order chi connectivity index (χ0) is 23.5. The zero-order valence-electron chi connectivity index (χ0n) is 19.0. The summed E-state index contributed by atoms with van der Waals surface area (Å²) in [6, 6.07) is 1.73. The van der Waals surface area contributed by atoms with Crippen molar-refractivity contribution in [2.24, 2.45) is 0 Å². The van der Waals surface area contributed by atoms with Crippen molar-refractivity contribution in [1.82, 2.24) is 25.1 Å². The van der Waals surface area contributed by atoms with Crippen LogP contribution in [0, 0.1) is 6.92 Å². The first kappa shape index (κ1) is 23.0. The number of aromatic nitrogens is 4. The Morgan fingerprint density at radius 2 is 1.97 bits per heavy atom. The minimum absolute atomic E-state index is 0.0458. The molecule has 0 aromatic carbocycles. The van der Waals surface area contributed by atoms with E-state index in [9.17, 15) is 9.59 Å². The molecule has 1 amide bonds. The number of nitrogens with two attached hydrogens (primary N) is 1. The van der Waals surface area contributed by atoms with Crippen LogP contribution in [0.25, 0.3) is 11.9 Å². The molecule has 1 saturated heterocycles. The molecule has 2 aromatic heterocycles. The van der Waals surface area contributed by atoms with Crippen LogP contribution in [0.5, 0.6) is 0 Å². The van der Waals surface area contributed by atoms with Crippen LogP contribution in [0.2, 0.25) is 0 Å². The summed E-state index contributed by atoms with van der Waals surface area (Å²) < 4.78 is 11.8. The van der Waals surface area contributed by atoms with E-state index in [1.807, 2.05) is 32.6 Å². The first-order chi connectivity index (χ1) is 15.1. The number of rotatable bonds is 6. The molecule has 3 rings (SSSR count). The molecule has 1 fully saturated rings. The second-order valence-electron chi connectivity index (χ2n) is 8.37. The van der Waals surface area contributed by atoms with E-state index in [1.54, 1.807) is 29.9 Å². The maximum absolute atomic E-state index is 11.9. The van der Waals surface area contributed by atoms with E-state index in [1.165, 1.54) is 6.08 Å². The third-order valence-electron chi connectivity index (χ3n) is 4.59. The van der Waals surface area contributed by atoms with E-state index in [0.717, 1.165) is 11.3 Å². The topological polar surface area (TPSA) is 137 Å². The molecule has 0 radical (unpaired) electrons. The highest BCUT2D eigenvalue weighted by atomic mass is 16.6. The largest absolute Gasteiger partial charge is 0.463 e. The number of anilines is 2. The highest BCUT2D eigenvalue weighted by molar-refractivity contribution is 5.87. The molecule has 0 saturated carbocycles. The predicted octanol–water partition coefficient (Wildman–Crippen LogP) is 1.84. The average Bonchev–Trinajstić information content (AvgIpc) is 3.01. The summed E-state index contributed by atoms with van der Waals surface area (Å²) in [5.74, 6) is 0.831. The molecular weight excluding hydrogens is 414 g/mol. The van der Waals surface area contributed by atoms with E-state index in [4.69, 9.17) is 15.2 Å². The predicted molar refractivity (Wildman–Crippen MR) is 119 cm³/mol. The Morgan fingerprint density at radius 1 is 1.28 bits per heavy atom. The number of hydrogen-bond acceptors (Lipinski definition) is 9. The minimum Gasteiger partial charge on any atom is -0.463 e. The van der Waals surface area contributed by atoms with Gasteiger partial charge in [0.05, 0.1) is 24.5 Å². The Kier molecular flexibility index (Phi) is 6.66. The van der Waals surface area contributed by atoms with Crippen LogP contribution in [0.15, 0.2) is 18.3 Å². The molecule has 0 spiro atoms. The number of nitrogen functional groups attached to an aromatic ring is 1. The van der Waals surface area contributed by atoms with Crippen LogP contribution in [-0.4, -0.2) is 63.2 Å². The quantitative estimate of drug-likeness (QED) is 0.506. The fraction of sp³-hybridized carbons (Fsp3) is 0.476. The first-order valence-electron chi connectivity index (χ1n) is 10.3. The van der Waals surface area contributed by atoms with E-state index in [0.29, 0.717) is 31.3 Å². The van der Waals surface area contributed by atoms with Gasteiger partial charge in [0.15, 0.2) is 5.82 Å². The average molecular weight is 444 g/mol. The van der Waals surface area contributed by atoms with Gasteiger partial charge in [-0.2, -0.15) is 15.1 Å². The lowest BCUT2D eigenvalue weighted by Gasteiger charge is -2.40. The van der Waals surface area contributed by atoms with Crippen molar-refractivity contribution in [2.75, 3.05) is 30.3 Å². The SMILES string of the molecule is CCOC(=O)C=Cc1cnn(-c2cc(N3CC(NC(=O)OC(C)(C)C)C3)nc(N)n2)c1C. The van der Waals surface area contributed by atoms with Crippen molar-refractivity contribution in [2.45, 2.75) is 46.3 Å². The second-order valence-corrected chi connectivity index (χ2v) is 8.37. The fourth-order valence-electron chi connectivity index (χ4n) is 3.11. The van der Waals surface area contributed by atoms with Crippen molar-refractivity contribution < 1.29 is 19.1 Å². The molecule has 1 aliphatic rings. The zero-order valence-corrected chi connectivity index (χ0v) is 19.0. The van der Waals surface area contributed by atoms with Crippen molar-refractivity contribution in [3.8, 4) is 5.82 Å². The summed E-state index contributed by atoms with van der Waals surface area (Å²) in [6.45, 7) is 10.5. The Hall–Kier alpha value is -3.63. The number of nitrogens with one attached hydrogen (secondary N) is 1. The van der Waals surface area contributed by atoms with E-state index < -0.39 is 17.7 Å². The summed E-state index contributed by atoms with van der Waals surface area (Å²) in [7, 11) is 0. The van der Waals surface area contributed by atoms with Crippen molar-refractivity contribution in [1.29, 1.82) is 0 Å². The van der Waals surface area contributed by atoms with E-state index >= 15 is 0 Å². The highest BCUT2D eigenvalue weighted by Crippen LogP contribution is 2.23. The van der Waals surface area contributed by atoms with Crippen molar-refractivity contribution in [3.05, 3.63) is 29.6 Å². The molecule has 0 unspecified atom stereocenters. The molecule has 32 heavy (non-hydrogen) atoms. The normalized spacial score (nSPS) is 14.3. The minimum atomic E-state index is -0.546. The third-order valence-corrected chi connectivity index (χ3v) is 4.59. The molecular formula is C21H29N7O4. The van der Waals surface area contributed by atoms with Gasteiger partial charge in [0.25, 0.3) is 0 Å². The molecule has 0 atom stereocenters. The first-order valence-corrected chi connectivity index (χ1v) is 10.3. The van der Waals surface area contributed by atoms with Gasteiger partial charge in [-0.05, 0) is 40.7 Å². The standard InChI is InChI=1S/C21H29N7O4/c1-6-31-18(29)8-7-14-10-23-28(13(14)2)17-9-16(25-19(22)26-17)27-11-15(12-27)24-20(30)32-21(3,4)5/h7-10,15H,6,11-12H2,1-5H3,(H,24,30)(H2,22,25,26). The summed E-state index contributed by atoms with van der Waals surface area (Å²) in [4.78, 5) is 34.0. The van der Waals surface area contributed by atoms with E-state index in [2.05, 4.69) is 20.4 Å². The monoisotopic (exact) mass is 443 g/mol. The number of esters is 1.